The number of nitrogens with two attached hydrogens (primary N) is 1. The molecule has 4 heteroatoms. The van der Waals surface area contributed by atoms with E-state index in [2.05, 4.69) is 6.07 Å². The van der Waals surface area contributed by atoms with Crippen molar-refractivity contribution >= 4 is 11.6 Å². The maximum atomic E-state index is 8.48. The summed E-state index contributed by atoms with van der Waals surface area (Å²) < 4.78 is 5.18. The maximum absolute atomic E-state index is 8.48. The monoisotopic (exact) mass is 224 g/mol. The number of hydrogen-bond donors (Lipinski definition) is 1. The molecule has 3 nitrogen and oxygen atoms in total. The summed E-state index contributed by atoms with van der Waals surface area (Å²) in [6, 6.07) is 7.17. The van der Waals surface area contributed by atoms with E-state index in [-0.39, 0.29) is 6.04 Å². The molecule has 0 saturated carbocycles. The van der Waals surface area contributed by atoms with E-state index in [1.807, 2.05) is 0 Å². The summed E-state index contributed by atoms with van der Waals surface area (Å²) in [4.78, 5) is 0. The zero-order valence-corrected chi connectivity index (χ0v) is 9.29. The molecule has 1 aromatic rings. The SMILES string of the molecule is COc1ccc(Cl)cc1C(N)CCC#N. The Kier molecular flexibility index (Phi) is 4.41. The Bertz CT molecular complexity index is 373. The van der Waals surface area contributed by atoms with E-state index in [9.17, 15) is 0 Å². The first-order chi connectivity index (χ1) is 7.19. The first-order valence-electron chi connectivity index (χ1n) is 4.65. The topological polar surface area (TPSA) is 59.0 Å². The van der Waals surface area contributed by atoms with Gasteiger partial charge in [-0.15, -0.1) is 0 Å². The largest absolute Gasteiger partial charge is 0.496 e. The lowest BCUT2D eigenvalue weighted by Gasteiger charge is -2.14. The van der Waals surface area contributed by atoms with Crippen molar-refractivity contribution in [3.63, 3.8) is 0 Å². The fourth-order valence-electron chi connectivity index (χ4n) is 1.37. The van der Waals surface area contributed by atoms with Crippen LogP contribution >= 0.6 is 11.6 Å². The van der Waals surface area contributed by atoms with Crippen LogP contribution in [0.2, 0.25) is 5.02 Å². The molecule has 0 aliphatic heterocycles. The number of rotatable bonds is 4. The van der Waals surface area contributed by atoms with Crippen molar-refractivity contribution in [1.82, 2.24) is 0 Å². The molecule has 0 heterocycles. The second kappa shape index (κ2) is 5.59. The fourth-order valence-corrected chi connectivity index (χ4v) is 1.55. The first-order valence-corrected chi connectivity index (χ1v) is 5.02. The van der Waals surface area contributed by atoms with Crippen LogP contribution in [0.4, 0.5) is 0 Å². The molecule has 0 fully saturated rings. The molecule has 0 radical (unpaired) electrons. The maximum Gasteiger partial charge on any atom is 0.123 e. The molecule has 1 atom stereocenters. The Morgan fingerprint density at radius 2 is 2.33 bits per heavy atom. The van der Waals surface area contributed by atoms with Gasteiger partial charge < -0.3 is 10.5 Å². The summed E-state index contributed by atoms with van der Waals surface area (Å²) >= 11 is 5.88. The van der Waals surface area contributed by atoms with Crippen LogP contribution in [-0.4, -0.2) is 7.11 Å². The zero-order chi connectivity index (χ0) is 11.3. The van der Waals surface area contributed by atoms with Crippen LogP contribution in [0.1, 0.15) is 24.4 Å². The van der Waals surface area contributed by atoms with Crippen molar-refractivity contribution in [2.75, 3.05) is 7.11 Å². The van der Waals surface area contributed by atoms with Gasteiger partial charge in [0, 0.05) is 23.0 Å². The summed E-state index contributed by atoms with van der Waals surface area (Å²) in [6.07, 6.45) is 1.03. The molecule has 0 aliphatic rings. The molecule has 0 aromatic heterocycles. The number of halogens is 1. The molecule has 1 rings (SSSR count). The second-order valence-corrected chi connectivity index (χ2v) is 3.63. The predicted octanol–water partition coefficient (Wildman–Crippen LogP) is 2.65. The third-order valence-corrected chi connectivity index (χ3v) is 2.39. The average molecular weight is 225 g/mol. The number of nitriles is 1. The number of nitrogens with zero attached hydrogens (tertiary/aromatic N) is 1. The van der Waals surface area contributed by atoms with Gasteiger partial charge in [-0.25, -0.2) is 0 Å². The van der Waals surface area contributed by atoms with Gasteiger partial charge in [0.1, 0.15) is 5.75 Å². The molecular formula is C11H13ClN2O. The Balaban J connectivity index is 2.90. The third-order valence-electron chi connectivity index (χ3n) is 2.16. The molecular weight excluding hydrogens is 212 g/mol. The van der Waals surface area contributed by atoms with Crippen LogP contribution in [0.5, 0.6) is 5.75 Å². The smallest absolute Gasteiger partial charge is 0.123 e. The fraction of sp³-hybridized carbons (Fsp3) is 0.364. The summed E-state index contributed by atoms with van der Waals surface area (Å²) in [5, 5.41) is 9.10. The minimum absolute atomic E-state index is 0.210. The average Bonchev–Trinajstić information content (AvgIpc) is 2.25. The van der Waals surface area contributed by atoms with Gasteiger partial charge in [0.15, 0.2) is 0 Å². The van der Waals surface area contributed by atoms with Gasteiger partial charge in [-0.3, -0.25) is 0 Å². The molecule has 1 aromatic carbocycles. The lowest BCUT2D eigenvalue weighted by molar-refractivity contribution is 0.404. The van der Waals surface area contributed by atoms with Crippen LogP contribution in [0.25, 0.3) is 0 Å². The van der Waals surface area contributed by atoms with Gasteiger partial charge in [0.25, 0.3) is 0 Å². The molecule has 1 unspecified atom stereocenters. The van der Waals surface area contributed by atoms with Gasteiger partial charge in [-0.05, 0) is 24.6 Å². The molecule has 0 spiro atoms. The minimum Gasteiger partial charge on any atom is -0.496 e. The van der Waals surface area contributed by atoms with E-state index in [0.717, 1.165) is 5.56 Å². The Morgan fingerprint density at radius 1 is 1.60 bits per heavy atom. The molecule has 0 aliphatic carbocycles. The van der Waals surface area contributed by atoms with E-state index in [1.165, 1.54) is 0 Å². The van der Waals surface area contributed by atoms with E-state index >= 15 is 0 Å². The van der Waals surface area contributed by atoms with Crippen LogP contribution in [-0.2, 0) is 0 Å². The zero-order valence-electron chi connectivity index (χ0n) is 8.53. The third kappa shape index (κ3) is 3.12. The summed E-state index contributed by atoms with van der Waals surface area (Å²) in [5.74, 6) is 0.713. The highest BCUT2D eigenvalue weighted by Crippen LogP contribution is 2.29. The molecule has 0 bridgehead atoms. The minimum atomic E-state index is -0.210. The van der Waals surface area contributed by atoms with E-state index in [1.54, 1.807) is 25.3 Å². The van der Waals surface area contributed by atoms with Gasteiger partial charge in [-0.1, -0.05) is 11.6 Å². The number of methoxy groups -OCH3 is 1. The lowest BCUT2D eigenvalue weighted by Crippen LogP contribution is -2.11. The Morgan fingerprint density at radius 3 is 2.93 bits per heavy atom. The molecule has 15 heavy (non-hydrogen) atoms. The van der Waals surface area contributed by atoms with Gasteiger partial charge >= 0.3 is 0 Å². The summed E-state index contributed by atoms with van der Waals surface area (Å²) in [6.45, 7) is 0. The Labute approximate surface area is 94.4 Å². The van der Waals surface area contributed by atoms with Gasteiger partial charge in [0.05, 0.1) is 13.2 Å². The van der Waals surface area contributed by atoms with Crippen molar-refractivity contribution in [3.8, 4) is 11.8 Å². The van der Waals surface area contributed by atoms with E-state index in [4.69, 9.17) is 27.3 Å². The summed E-state index contributed by atoms with van der Waals surface area (Å²) in [5.41, 5.74) is 6.78. The molecule has 0 amide bonds. The number of benzene rings is 1. The van der Waals surface area contributed by atoms with Crippen LogP contribution < -0.4 is 10.5 Å². The molecule has 0 saturated heterocycles. The number of ether oxygens (including phenoxy) is 1. The van der Waals surface area contributed by atoms with Crippen molar-refractivity contribution in [2.45, 2.75) is 18.9 Å². The first kappa shape index (κ1) is 11.8. The van der Waals surface area contributed by atoms with Gasteiger partial charge in [-0.2, -0.15) is 5.26 Å². The van der Waals surface area contributed by atoms with Crippen LogP contribution in [0, 0.1) is 11.3 Å². The van der Waals surface area contributed by atoms with Crippen molar-refractivity contribution in [3.05, 3.63) is 28.8 Å². The highest BCUT2D eigenvalue weighted by Gasteiger charge is 2.11. The van der Waals surface area contributed by atoms with E-state index in [0.29, 0.717) is 23.6 Å². The lowest BCUT2D eigenvalue weighted by atomic mass is 10.0. The van der Waals surface area contributed by atoms with Crippen LogP contribution in [0.3, 0.4) is 0 Å². The van der Waals surface area contributed by atoms with Crippen molar-refractivity contribution < 1.29 is 4.74 Å². The van der Waals surface area contributed by atoms with Crippen molar-refractivity contribution in [2.24, 2.45) is 5.73 Å². The van der Waals surface area contributed by atoms with E-state index < -0.39 is 0 Å². The second-order valence-electron chi connectivity index (χ2n) is 3.19. The Hall–Kier alpha value is -1.24. The molecule has 2 N–H and O–H groups in total. The number of hydrogen-bond acceptors (Lipinski definition) is 3. The van der Waals surface area contributed by atoms with Crippen LogP contribution in [0.15, 0.2) is 18.2 Å². The highest BCUT2D eigenvalue weighted by molar-refractivity contribution is 6.30. The quantitative estimate of drug-likeness (QED) is 0.856. The predicted molar refractivity (Wildman–Crippen MR) is 59.8 cm³/mol. The highest BCUT2D eigenvalue weighted by atomic mass is 35.5. The molecule has 80 valence electrons. The summed E-state index contributed by atoms with van der Waals surface area (Å²) in [7, 11) is 1.59. The van der Waals surface area contributed by atoms with Gasteiger partial charge in [0.2, 0.25) is 0 Å². The standard InChI is InChI=1S/C11H13ClN2O/c1-15-11-5-4-8(12)7-9(11)10(14)3-2-6-13/h4-5,7,10H,2-3,14H2,1H3. The normalized spacial score (nSPS) is 11.9. The van der Waals surface area contributed by atoms with Crippen molar-refractivity contribution in [1.29, 1.82) is 5.26 Å².